The van der Waals surface area contributed by atoms with Crippen molar-refractivity contribution < 1.29 is 14.0 Å². The van der Waals surface area contributed by atoms with Gasteiger partial charge in [-0.3, -0.25) is 20.4 Å². The quantitative estimate of drug-likeness (QED) is 0.323. The van der Waals surface area contributed by atoms with E-state index in [9.17, 15) is 14.0 Å². The minimum Gasteiger partial charge on any atom is -0.267 e. The first-order valence-electron chi connectivity index (χ1n) is 11.6. The van der Waals surface area contributed by atoms with Crippen molar-refractivity contribution in [1.29, 1.82) is 0 Å². The Balaban J connectivity index is 1.39. The van der Waals surface area contributed by atoms with Gasteiger partial charge in [0, 0.05) is 20.9 Å². The number of hydrogen-bond acceptors (Lipinski definition) is 3. The van der Waals surface area contributed by atoms with Gasteiger partial charge in [0.2, 0.25) is 0 Å². The first kappa shape index (κ1) is 23.6. The standard InChI is InChI=1S/C30H23FN2O2S/c31-24-16-13-20(14-17-24)25-11-6-9-22-19-23(15-18-27(22)36-28-12-5-4-10-26(25)28)30(35)33-32-29(34)21-7-2-1-3-8-21/h1-5,7-8,10-19H,6,9H2,(H,32,34)(H,33,35)/b25-11+. The molecule has 178 valence electrons. The van der Waals surface area contributed by atoms with Crippen molar-refractivity contribution in [2.45, 2.75) is 22.6 Å². The molecule has 0 saturated heterocycles. The van der Waals surface area contributed by atoms with E-state index in [2.05, 4.69) is 29.1 Å². The zero-order chi connectivity index (χ0) is 24.9. The van der Waals surface area contributed by atoms with Crippen LogP contribution in [-0.2, 0) is 6.42 Å². The molecule has 36 heavy (non-hydrogen) atoms. The van der Waals surface area contributed by atoms with E-state index < -0.39 is 0 Å². The van der Waals surface area contributed by atoms with E-state index in [0.29, 0.717) is 11.1 Å². The topological polar surface area (TPSA) is 58.2 Å². The Morgan fingerprint density at radius 1 is 0.722 bits per heavy atom. The van der Waals surface area contributed by atoms with Crippen LogP contribution in [0.3, 0.4) is 0 Å². The van der Waals surface area contributed by atoms with Crippen LogP contribution in [-0.4, -0.2) is 11.8 Å². The van der Waals surface area contributed by atoms with Gasteiger partial charge in [0.25, 0.3) is 11.8 Å². The fraction of sp³-hybridized carbons (Fsp3) is 0.0667. The molecule has 0 fully saturated rings. The van der Waals surface area contributed by atoms with Crippen molar-refractivity contribution in [1.82, 2.24) is 10.9 Å². The van der Waals surface area contributed by atoms with Crippen LogP contribution in [0.25, 0.3) is 5.57 Å². The number of halogens is 1. The number of allylic oxidation sites excluding steroid dienone is 1. The Hall–Kier alpha value is -4.16. The van der Waals surface area contributed by atoms with Crippen LogP contribution in [0.5, 0.6) is 0 Å². The first-order chi connectivity index (χ1) is 17.6. The highest BCUT2D eigenvalue weighted by molar-refractivity contribution is 7.99. The molecule has 0 spiro atoms. The molecule has 0 radical (unpaired) electrons. The van der Waals surface area contributed by atoms with Crippen LogP contribution in [0.1, 0.15) is 43.8 Å². The molecule has 2 N–H and O–H groups in total. The summed E-state index contributed by atoms with van der Waals surface area (Å²) < 4.78 is 13.5. The lowest BCUT2D eigenvalue weighted by Crippen LogP contribution is -2.41. The Bertz CT molecular complexity index is 1450. The van der Waals surface area contributed by atoms with E-state index in [-0.39, 0.29) is 17.6 Å². The lowest BCUT2D eigenvalue weighted by molar-refractivity contribution is 0.0846. The minimum absolute atomic E-state index is 0.261. The lowest BCUT2D eigenvalue weighted by Gasteiger charge is -2.14. The van der Waals surface area contributed by atoms with Gasteiger partial charge in [-0.2, -0.15) is 0 Å². The maximum atomic E-state index is 13.5. The number of rotatable bonds is 3. The molecule has 1 aliphatic heterocycles. The number of benzene rings is 4. The summed E-state index contributed by atoms with van der Waals surface area (Å²) in [5, 5.41) is 0. The second-order valence-corrected chi connectivity index (χ2v) is 9.44. The van der Waals surface area contributed by atoms with Gasteiger partial charge in [-0.25, -0.2) is 4.39 Å². The second-order valence-electron chi connectivity index (χ2n) is 8.36. The van der Waals surface area contributed by atoms with Gasteiger partial charge >= 0.3 is 0 Å². The van der Waals surface area contributed by atoms with Crippen LogP contribution in [0, 0.1) is 5.82 Å². The van der Waals surface area contributed by atoms with Gasteiger partial charge in [-0.15, -0.1) is 0 Å². The zero-order valence-corrected chi connectivity index (χ0v) is 20.1. The first-order valence-corrected chi connectivity index (χ1v) is 12.4. The molecular weight excluding hydrogens is 471 g/mol. The number of aryl methyl sites for hydroxylation is 1. The van der Waals surface area contributed by atoms with E-state index in [1.165, 1.54) is 12.1 Å². The highest BCUT2D eigenvalue weighted by atomic mass is 32.2. The van der Waals surface area contributed by atoms with Crippen LogP contribution < -0.4 is 10.9 Å². The normalized spacial score (nSPS) is 14.1. The van der Waals surface area contributed by atoms with Crippen molar-refractivity contribution >= 4 is 29.1 Å². The molecule has 0 unspecified atom stereocenters. The van der Waals surface area contributed by atoms with Crippen LogP contribution >= 0.6 is 11.8 Å². The summed E-state index contributed by atoms with van der Waals surface area (Å²) in [5.74, 6) is -1.02. The largest absolute Gasteiger partial charge is 0.269 e. The Morgan fingerprint density at radius 3 is 2.19 bits per heavy atom. The van der Waals surface area contributed by atoms with Gasteiger partial charge < -0.3 is 0 Å². The molecular formula is C30H23FN2O2S. The Labute approximate surface area is 213 Å². The average Bonchev–Trinajstić information content (AvgIpc) is 2.99. The summed E-state index contributed by atoms with van der Waals surface area (Å²) in [6.07, 6.45) is 3.66. The molecule has 0 bridgehead atoms. The van der Waals surface area contributed by atoms with Crippen molar-refractivity contribution in [2.75, 3.05) is 0 Å². The van der Waals surface area contributed by atoms with E-state index in [1.54, 1.807) is 54.2 Å². The maximum Gasteiger partial charge on any atom is 0.269 e. The number of nitrogens with one attached hydrogen (secondary N) is 2. The van der Waals surface area contributed by atoms with Crippen molar-refractivity contribution in [2.24, 2.45) is 0 Å². The van der Waals surface area contributed by atoms with Crippen LogP contribution in [0.15, 0.2) is 113 Å². The molecule has 4 aromatic rings. The van der Waals surface area contributed by atoms with E-state index in [4.69, 9.17) is 0 Å². The third-order valence-corrected chi connectivity index (χ3v) is 7.16. The minimum atomic E-state index is -0.380. The zero-order valence-electron chi connectivity index (χ0n) is 19.3. The van der Waals surface area contributed by atoms with Crippen LogP contribution in [0.4, 0.5) is 4.39 Å². The maximum absolute atomic E-state index is 13.5. The molecule has 4 aromatic carbocycles. The summed E-state index contributed by atoms with van der Waals surface area (Å²) in [7, 11) is 0. The number of hydrazine groups is 1. The molecule has 2 amide bonds. The highest BCUT2D eigenvalue weighted by Crippen LogP contribution is 2.39. The molecule has 0 aromatic heterocycles. The lowest BCUT2D eigenvalue weighted by atomic mass is 9.95. The Morgan fingerprint density at radius 2 is 1.42 bits per heavy atom. The fourth-order valence-electron chi connectivity index (χ4n) is 4.14. The molecule has 5 rings (SSSR count). The molecule has 1 heterocycles. The molecule has 1 aliphatic rings. The smallest absolute Gasteiger partial charge is 0.267 e. The second kappa shape index (κ2) is 10.6. The third-order valence-electron chi connectivity index (χ3n) is 5.96. The summed E-state index contributed by atoms with van der Waals surface area (Å²) in [5.41, 5.74) is 10.1. The van der Waals surface area contributed by atoms with Crippen LogP contribution in [0.2, 0.25) is 0 Å². The predicted octanol–water partition coefficient (Wildman–Crippen LogP) is 6.43. The molecule has 0 atom stereocenters. The van der Waals surface area contributed by atoms with E-state index in [0.717, 1.165) is 44.9 Å². The van der Waals surface area contributed by atoms with E-state index >= 15 is 0 Å². The monoisotopic (exact) mass is 494 g/mol. The predicted molar refractivity (Wildman–Crippen MR) is 140 cm³/mol. The number of carbonyl (C=O) groups is 2. The summed E-state index contributed by atoms with van der Waals surface area (Å²) in [6, 6.07) is 29.1. The van der Waals surface area contributed by atoms with Gasteiger partial charge in [0.1, 0.15) is 5.82 Å². The van der Waals surface area contributed by atoms with Gasteiger partial charge in [0.05, 0.1) is 0 Å². The van der Waals surface area contributed by atoms with Gasteiger partial charge in [0.15, 0.2) is 0 Å². The fourth-order valence-corrected chi connectivity index (χ4v) is 5.24. The van der Waals surface area contributed by atoms with Gasteiger partial charge in [-0.05, 0) is 83.6 Å². The van der Waals surface area contributed by atoms with Crippen molar-refractivity contribution in [3.8, 4) is 0 Å². The summed E-state index contributed by atoms with van der Waals surface area (Å²) in [6.45, 7) is 0. The average molecular weight is 495 g/mol. The van der Waals surface area contributed by atoms with Gasteiger partial charge in [-0.1, -0.05) is 66.4 Å². The third kappa shape index (κ3) is 5.24. The highest BCUT2D eigenvalue weighted by Gasteiger charge is 2.17. The van der Waals surface area contributed by atoms with Crippen molar-refractivity contribution in [3.05, 3.63) is 137 Å². The van der Waals surface area contributed by atoms with E-state index in [1.807, 2.05) is 30.3 Å². The molecule has 6 heteroatoms. The molecule has 0 saturated carbocycles. The molecule has 4 nitrogen and oxygen atoms in total. The number of carbonyl (C=O) groups excluding carboxylic acids is 2. The number of fused-ring (bicyclic) bond motifs is 2. The summed E-state index contributed by atoms with van der Waals surface area (Å²) >= 11 is 1.65. The number of hydrogen-bond donors (Lipinski definition) is 2. The van der Waals surface area contributed by atoms with Crippen molar-refractivity contribution in [3.63, 3.8) is 0 Å². The molecule has 0 aliphatic carbocycles. The summed E-state index contributed by atoms with van der Waals surface area (Å²) in [4.78, 5) is 27.2. The number of amides is 2. The Kier molecular flexibility index (Phi) is 6.96. The SMILES string of the molecule is O=C(NNC(=O)c1ccc2c(c1)CC/C=C(\c1ccc(F)cc1)c1ccccc1S2)c1ccccc1.